The Kier molecular flexibility index (Phi) is 48.9. The molecule has 12 unspecified atom stereocenters. The van der Waals surface area contributed by atoms with Crippen LogP contribution in [0.5, 0.6) is 0 Å². The van der Waals surface area contributed by atoms with Gasteiger partial charge in [0.15, 0.2) is 0 Å². The Morgan fingerprint density at radius 1 is 0.364 bits per heavy atom. The van der Waals surface area contributed by atoms with Crippen LogP contribution in [0.25, 0.3) is 0 Å². The van der Waals surface area contributed by atoms with E-state index >= 15 is 0 Å². The molecule has 0 spiro atoms. The minimum Gasteiger partial charge on any atom is -0.400 e. The summed E-state index contributed by atoms with van der Waals surface area (Å²) in [5.74, 6) is 0. The average Bonchev–Trinajstić information content (AvgIpc) is 1.62. The van der Waals surface area contributed by atoms with Crippen molar-refractivity contribution in [3.05, 3.63) is 0 Å². The fourth-order valence-electron chi connectivity index (χ4n) is 9.61. The quantitative estimate of drug-likeness (QED) is 0.0189. The topological polar surface area (TPSA) is 406 Å². The van der Waals surface area contributed by atoms with E-state index in [2.05, 4.69) is 33.0 Å². The number of epoxide rings is 9. The fraction of sp³-hybridized carbons (Fsp3) is 1.00. The van der Waals surface area contributed by atoms with Crippen molar-refractivity contribution in [1.82, 2.24) is 10.2 Å². The number of halogens is 1. The van der Waals surface area contributed by atoms with E-state index in [4.69, 9.17) is 121 Å². The summed E-state index contributed by atoms with van der Waals surface area (Å²) in [6, 6.07) is 0. The molecule has 0 aromatic heterocycles. The van der Waals surface area contributed by atoms with Crippen molar-refractivity contribution in [3.63, 3.8) is 0 Å². The number of nitrogens with zero attached hydrogens (tertiary/aromatic N) is 1. The number of nitrogens with two attached hydrogens (primary N) is 1. The Balaban J connectivity index is 0.000000329. The third-order valence-electron chi connectivity index (χ3n) is 17.3. The number of aliphatic hydroxyl groups is 7. The summed E-state index contributed by atoms with van der Waals surface area (Å²) < 4.78 is 117. The molecular weight excluding hydrogens is 1420 g/mol. The van der Waals surface area contributed by atoms with Gasteiger partial charge in [0, 0.05) is 68.0 Å². The Hall–Kier alpha value is -0.510. The van der Waals surface area contributed by atoms with E-state index in [9.17, 15) is 20.4 Å². The lowest BCUT2D eigenvalue weighted by atomic mass is 9.88. The molecule has 9 aliphatic rings. The SMILES string of the molecule is CCC(COCC(O)CN(CCO)CC(O)COCC(CC)(COCC1CO1)COCC1CO1)(COCC1CO1)COCC1CO1.CCC(COCC(O)CNCCO)(COCC1CO1)COCC1CO1.CCC(COCC1CO1)(COCC1CO1)COCC1CO1.CO.I.NCCO. The maximum absolute atomic E-state index is 10.8. The molecule has 9 heterocycles. The summed E-state index contributed by atoms with van der Waals surface area (Å²) >= 11 is 0. The van der Waals surface area contributed by atoms with E-state index in [0.29, 0.717) is 183 Å². The molecule has 12 atom stereocenters. The van der Waals surface area contributed by atoms with E-state index in [1.807, 2.05) is 4.90 Å². The summed E-state index contributed by atoms with van der Waals surface area (Å²) in [6.45, 7) is 29.3. The monoisotopic (exact) mass is 1550 g/mol. The summed E-state index contributed by atoms with van der Waals surface area (Å²) in [7, 11) is 1.00. The largest absolute Gasteiger partial charge is 0.400 e. The highest BCUT2D eigenvalue weighted by Gasteiger charge is 2.39. The first-order valence-corrected chi connectivity index (χ1v) is 35.7. The highest BCUT2D eigenvalue weighted by atomic mass is 127. The summed E-state index contributed by atoms with van der Waals surface area (Å²) in [6.07, 6.45) is 3.17. The molecule has 0 aliphatic carbocycles. The minimum atomic E-state index is -0.816. The van der Waals surface area contributed by atoms with Crippen LogP contribution in [-0.4, -0.2) is 398 Å². The summed E-state index contributed by atoms with van der Waals surface area (Å²) in [5, 5.41) is 67.6. The first kappa shape index (κ1) is 90.9. The van der Waals surface area contributed by atoms with Crippen LogP contribution in [0.3, 0.4) is 0 Å². The second-order valence-electron chi connectivity index (χ2n) is 27.1. The smallest absolute Gasteiger partial charge is 0.104 e. The summed E-state index contributed by atoms with van der Waals surface area (Å²) in [4.78, 5) is 1.82. The van der Waals surface area contributed by atoms with E-state index in [1.165, 1.54) is 0 Å². The maximum atomic E-state index is 10.8. The van der Waals surface area contributed by atoms with Crippen LogP contribution in [0.4, 0.5) is 0 Å². The number of aliphatic hydroxyl groups excluding tert-OH is 7. The van der Waals surface area contributed by atoms with Crippen molar-refractivity contribution in [3.8, 4) is 0 Å². The number of ether oxygens (including phenoxy) is 21. The number of rotatable bonds is 63. The molecule has 10 N–H and O–H groups in total. The molecular formula is C67H130IN3O28. The van der Waals surface area contributed by atoms with Gasteiger partial charge in [-0.05, 0) is 25.7 Å². The van der Waals surface area contributed by atoms with Crippen molar-refractivity contribution in [2.24, 2.45) is 27.4 Å². The number of nitrogens with one attached hydrogen (secondary N) is 1. The van der Waals surface area contributed by atoms with Crippen molar-refractivity contribution in [2.45, 2.75) is 127 Å². The van der Waals surface area contributed by atoms with Gasteiger partial charge in [0.25, 0.3) is 0 Å². The molecule has 99 heavy (non-hydrogen) atoms. The predicted molar refractivity (Wildman–Crippen MR) is 370 cm³/mol. The van der Waals surface area contributed by atoms with Crippen molar-refractivity contribution < 1.29 is 135 Å². The van der Waals surface area contributed by atoms with Gasteiger partial charge in [0.1, 0.15) is 54.9 Å². The minimum absolute atomic E-state index is 0. The second kappa shape index (κ2) is 53.3. The normalized spacial score (nSPS) is 26.4. The molecule has 9 fully saturated rings. The zero-order valence-corrected chi connectivity index (χ0v) is 62.4. The van der Waals surface area contributed by atoms with Gasteiger partial charge in [-0.3, -0.25) is 4.90 Å². The van der Waals surface area contributed by atoms with Crippen LogP contribution in [0.15, 0.2) is 0 Å². The van der Waals surface area contributed by atoms with Crippen LogP contribution in [0.1, 0.15) is 53.4 Å². The van der Waals surface area contributed by atoms with E-state index in [1.54, 1.807) is 0 Å². The molecule has 9 saturated heterocycles. The van der Waals surface area contributed by atoms with Gasteiger partial charge in [-0.1, -0.05) is 27.7 Å². The van der Waals surface area contributed by atoms with Gasteiger partial charge in [-0.2, -0.15) is 0 Å². The maximum Gasteiger partial charge on any atom is 0.104 e. The molecule has 9 rings (SSSR count). The molecule has 588 valence electrons. The van der Waals surface area contributed by atoms with Gasteiger partial charge in [-0.15, -0.1) is 24.0 Å². The van der Waals surface area contributed by atoms with E-state index < -0.39 is 18.3 Å². The molecule has 9 aliphatic heterocycles. The average molecular weight is 1550 g/mol. The molecule has 0 radical (unpaired) electrons. The highest BCUT2D eigenvalue weighted by Crippen LogP contribution is 2.30. The molecule has 0 saturated carbocycles. The van der Waals surface area contributed by atoms with Crippen molar-refractivity contribution in [2.75, 3.05) is 284 Å². The Labute approximate surface area is 605 Å². The highest BCUT2D eigenvalue weighted by molar-refractivity contribution is 14.0. The first-order chi connectivity index (χ1) is 47.7. The zero-order chi connectivity index (χ0) is 70.6. The Morgan fingerprint density at radius 3 is 0.737 bits per heavy atom. The first-order valence-electron chi connectivity index (χ1n) is 35.7. The van der Waals surface area contributed by atoms with Crippen molar-refractivity contribution in [1.29, 1.82) is 0 Å². The Morgan fingerprint density at radius 2 is 0.566 bits per heavy atom. The lowest BCUT2D eigenvalue weighted by molar-refractivity contribution is -0.0929. The van der Waals surface area contributed by atoms with Crippen LogP contribution >= 0.6 is 24.0 Å². The standard InChI is InChI=1S/C32H59NO13.C17H33NO7.C15H26O6.C2H7NO.CH4O.HI/c1-3-31(21-39-11-27-15-43-27,22-40-12-28-16-44-28)19-37-9-25(35)7-33(5-6-34)8-26(36)10-38-20-32(4-2,23-41-13-29-17-45-29)24-42-14-30-18-46-30;1-2-17(12-22-7-15-9-24-15,13-23-8-16-10-25-16)11-21-6-14(20)5-18-3-4-19;1-2-15(9-16-3-12-6-19-12,10-17-4-13-7-20-13)11-18-5-14-8-21-14;3-1-2-4;1-2;/h25-30,34-36H,3-24H2,1-2H3;14-16,18-20H,2-13H2,1H3;12-14H,2-11H2,1H3;4H,1-3H2;2H,1H3;1H. The molecule has 0 bridgehead atoms. The van der Waals surface area contributed by atoms with Gasteiger partial charge < -0.3 is 146 Å². The third kappa shape index (κ3) is 45.7. The molecule has 0 aromatic carbocycles. The molecule has 31 nitrogen and oxygen atoms in total. The molecule has 0 aromatic rings. The number of hydrogen-bond acceptors (Lipinski definition) is 31. The third-order valence-corrected chi connectivity index (χ3v) is 17.3. The number of hydrogen-bond donors (Lipinski definition) is 9. The van der Waals surface area contributed by atoms with E-state index in [-0.39, 0.29) is 135 Å². The van der Waals surface area contributed by atoms with Crippen LogP contribution in [0.2, 0.25) is 0 Å². The van der Waals surface area contributed by atoms with Crippen molar-refractivity contribution >= 4 is 24.0 Å². The molecule has 32 heteroatoms. The zero-order valence-electron chi connectivity index (χ0n) is 60.1. The second-order valence-corrected chi connectivity index (χ2v) is 27.1. The van der Waals surface area contributed by atoms with Gasteiger partial charge in [0.2, 0.25) is 0 Å². The van der Waals surface area contributed by atoms with E-state index in [0.717, 1.165) is 92.3 Å². The Bertz CT molecular complexity index is 1750. The lowest BCUT2D eigenvalue weighted by Gasteiger charge is -2.33. The van der Waals surface area contributed by atoms with Gasteiger partial charge in [0.05, 0.1) is 256 Å². The fourth-order valence-corrected chi connectivity index (χ4v) is 9.61. The summed E-state index contributed by atoms with van der Waals surface area (Å²) in [5.41, 5.74) is 3.71. The van der Waals surface area contributed by atoms with Crippen LogP contribution in [-0.2, 0) is 99.5 Å². The van der Waals surface area contributed by atoms with Crippen LogP contribution in [0, 0.1) is 21.7 Å². The van der Waals surface area contributed by atoms with Gasteiger partial charge >= 0.3 is 0 Å². The van der Waals surface area contributed by atoms with Crippen LogP contribution < -0.4 is 11.1 Å². The van der Waals surface area contributed by atoms with Gasteiger partial charge in [-0.25, -0.2) is 0 Å². The lowest BCUT2D eigenvalue weighted by Crippen LogP contribution is -2.44. The molecule has 0 amide bonds. The predicted octanol–water partition coefficient (Wildman–Crippen LogP) is -1.54.